The van der Waals surface area contributed by atoms with Crippen LogP contribution in [-0.2, 0) is 0 Å². The molecule has 0 fully saturated rings. The fraction of sp³-hybridized carbons (Fsp3) is 0.115. The molecule has 5 aromatic rings. The molecular formula is C26H18N2O4S. The SMILES string of the molecule is CCOc1ccc(C2c3c(oc4ccccc4c3=O)C(=O)N2c2nc3ccccc3s2)cc1. The number of aromatic nitrogens is 1. The van der Waals surface area contributed by atoms with Crippen molar-refractivity contribution in [2.75, 3.05) is 11.5 Å². The second kappa shape index (κ2) is 7.56. The molecule has 1 aliphatic rings. The number of nitrogens with zero attached hydrogens (tertiary/aromatic N) is 2. The largest absolute Gasteiger partial charge is 0.494 e. The zero-order chi connectivity index (χ0) is 22.5. The quantitative estimate of drug-likeness (QED) is 0.356. The zero-order valence-electron chi connectivity index (χ0n) is 17.6. The Morgan fingerprint density at radius 2 is 1.76 bits per heavy atom. The molecule has 0 bridgehead atoms. The van der Waals surface area contributed by atoms with Gasteiger partial charge in [-0.2, -0.15) is 0 Å². The van der Waals surface area contributed by atoms with Gasteiger partial charge in [-0.25, -0.2) is 4.98 Å². The van der Waals surface area contributed by atoms with Crippen molar-refractivity contribution >= 4 is 43.6 Å². The lowest BCUT2D eigenvalue weighted by molar-refractivity contribution is 0.0971. The smallest absolute Gasteiger partial charge is 0.297 e. The normalized spacial score (nSPS) is 15.4. The van der Waals surface area contributed by atoms with Crippen molar-refractivity contribution < 1.29 is 13.9 Å². The molecule has 162 valence electrons. The van der Waals surface area contributed by atoms with Crippen molar-refractivity contribution in [3.05, 3.63) is 99.9 Å². The van der Waals surface area contributed by atoms with Crippen LogP contribution >= 0.6 is 11.3 Å². The number of thiazole rings is 1. The van der Waals surface area contributed by atoms with E-state index in [1.54, 1.807) is 29.2 Å². The third-order valence-corrected chi connectivity index (χ3v) is 6.81. The number of carbonyl (C=O) groups excluding carboxylic acids is 1. The third-order valence-electron chi connectivity index (χ3n) is 5.77. The standard InChI is InChI=1S/C26H18N2O4S/c1-2-31-16-13-11-15(12-14-16)22-21-23(29)17-7-3-5-9-19(17)32-24(21)25(30)28(22)26-27-18-8-4-6-10-20(18)33-26/h3-14,22H,2H2,1H3. The molecule has 0 radical (unpaired) electrons. The second-order valence-corrected chi connectivity index (χ2v) is 8.72. The molecule has 0 spiro atoms. The van der Waals surface area contributed by atoms with E-state index >= 15 is 0 Å². The van der Waals surface area contributed by atoms with E-state index in [1.165, 1.54) is 11.3 Å². The van der Waals surface area contributed by atoms with Gasteiger partial charge in [0.15, 0.2) is 10.6 Å². The zero-order valence-corrected chi connectivity index (χ0v) is 18.5. The van der Waals surface area contributed by atoms with Crippen LogP contribution in [0.25, 0.3) is 21.2 Å². The van der Waals surface area contributed by atoms with Gasteiger partial charge in [0.05, 0.1) is 33.8 Å². The van der Waals surface area contributed by atoms with Crippen molar-refractivity contribution in [2.45, 2.75) is 13.0 Å². The van der Waals surface area contributed by atoms with E-state index in [2.05, 4.69) is 0 Å². The maximum atomic E-state index is 13.7. The number of para-hydroxylation sites is 2. The fourth-order valence-corrected chi connectivity index (χ4v) is 5.30. The summed E-state index contributed by atoms with van der Waals surface area (Å²) in [5.74, 6) is 0.422. The highest BCUT2D eigenvalue weighted by atomic mass is 32.1. The predicted octanol–water partition coefficient (Wildman–Crippen LogP) is 5.55. The maximum Gasteiger partial charge on any atom is 0.297 e. The highest BCUT2D eigenvalue weighted by Crippen LogP contribution is 2.43. The molecule has 0 saturated heterocycles. The molecule has 1 aliphatic heterocycles. The van der Waals surface area contributed by atoms with Crippen LogP contribution in [0.1, 0.15) is 34.6 Å². The Kier molecular flexibility index (Phi) is 4.52. The molecular weight excluding hydrogens is 436 g/mol. The number of ether oxygens (including phenoxy) is 1. The molecule has 1 unspecified atom stereocenters. The molecule has 3 heterocycles. The topological polar surface area (TPSA) is 72.6 Å². The molecule has 33 heavy (non-hydrogen) atoms. The summed E-state index contributed by atoms with van der Waals surface area (Å²) in [7, 11) is 0. The second-order valence-electron chi connectivity index (χ2n) is 7.71. The Morgan fingerprint density at radius 3 is 2.55 bits per heavy atom. The van der Waals surface area contributed by atoms with Crippen LogP contribution in [0.15, 0.2) is 82.0 Å². The summed E-state index contributed by atoms with van der Waals surface area (Å²) in [5, 5.41) is 0.973. The van der Waals surface area contributed by atoms with Gasteiger partial charge >= 0.3 is 0 Å². The Bertz CT molecular complexity index is 1550. The average Bonchev–Trinajstić information content (AvgIpc) is 3.39. The molecule has 0 saturated carbocycles. The predicted molar refractivity (Wildman–Crippen MR) is 128 cm³/mol. The van der Waals surface area contributed by atoms with Crippen LogP contribution < -0.4 is 15.1 Å². The summed E-state index contributed by atoms with van der Waals surface area (Å²) >= 11 is 1.41. The first kappa shape index (κ1) is 19.7. The summed E-state index contributed by atoms with van der Waals surface area (Å²) in [4.78, 5) is 33.5. The Morgan fingerprint density at radius 1 is 1.00 bits per heavy atom. The van der Waals surface area contributed by atoms with Crippen LogP contribution in [0.4, 0.5) is 5.13 Å². The molecule has 0 N–H and O–H groups in total. The Hall–Kier alpha value is -3.97. The van der Waals surface area contributed by atoms with Gasteiger partial charge in [0.25, 0.3) is 5.91 Å². The summed E-state index contributed by atoms with van der Waals surface area (Å²) in [6, 6.07) is 21.5. The Balaban J connectivity index is 1.60. The number of fused-ring (bicyclic) bond motifs is 3. The molecule has 1 amide bonds. The van der Waals surface area contributed by atoms with E-state index in [4.69, 9.17) is 14.1 Å². The lowest BCUT2D eigenvalue weighted by atomic mass is 9.98. The van der Waals surface area contributed by atoms with Gasteiger partial charge < -0.3 is 9.15 Å². The Labute approximate surface area is 192 Å². The molecule has 7 heteroatoms. The lowest BCUT2D eigenvalue weighted by Crippen LogP contribution is -2.29. The number of hydrogen-bond donors (Lipinski definition) is 0. The number of anilines is 1. The van der Waals surface area contributed by atoms with E-state index < -0.39 is 6.04 Å². The van der Waals surface area contributed by atoms with Gasteiger partial charge in [-0.15, -0.1) is 0 Å². The molecule has 6 nitrogen and oxygen atoms in total. The summed E-state index contributed by atoms with van der Waals surface area (Å²) in [5.41, 5.74) is 2.11. The number of carbonyl (C=O) groups is 1. The van der Waals surface area contributed by atoms with Crippen LogP contribution in [-0.4, -0.2) is 17.5 Å². The monoisotopic (exact) mass is 454 g/mol. The molecule has 1 atom stereocenters. The first-order valence-corrected chi connectivity index (χ1v) is 11.4. The van der Waals surface area contributed by atoms with Gasteiger partial charge in [-0.05, 0) is 48.9 Å². The van der Waals surface area contributed by atoms with Gasteiger partial charge in [-0.1, -0.05) is 47.7 Å². The van der Waals surface area contributed by atoms with Gasteiger partial charge in [0, 0.05) is 0 Å². The fourth-order valence-electron chi connectivity index (χ4n) is 4.31. The molecule has 6 rings (SSSR count). The van der Waals surface area contributed by atoms with Crippen molar-refractivity contribution in [3.8, 4) is 5.75 Å². The van der Waals surface area contributed by atoms with E-state index in [-0.39, 0.29) is 17.1 Å². The highest BCUT2D eigenvalue weighted by molar-refractivity contribution is 7.22. The summed E-state index contributed by atoms with van der Waals surface area (Å²) in [6.07, 6.45) is 0. The molecule has 3 aromatic carbocycles. The van der Waals surface area contributed by atoms with E-state index in [0.717, 1.165) is 21.5 Å². The van der Waals surface area contributed by atoms with Crippen LogP contribution in [0.2, 0.25) is 0 Å². The number of rotatable bonds is 4. The number of amides is 1. The van der Waals surface area contributed by atoms with E-state index in [9.17, 15) is 9.59 Å². The van der Waals surface area contributed by atoms with Crippen LogP contribution in [0.5, 0.6) is 5.75 Å². The van der Waals surface area contributed by atoms with Crippen LogP contribution in [0, 0.1) is 0 Å². The third kappa shape index (κ3) is 3.04. The summed E-state index contributed by atoms with van der Waals surface area (Å²) < 4.78 is 12.5. The van der Waals surface area contributed by atoms with Crippen LogP contribution in [0.3, 0.4) is 0 Å². The lowest BCUT2D eigenvalue weighted by Gasteiger charge is -2.22. The minimum atomic E-state index is -0.649. The number of hydrogen-bond acceptors (Lipinski definition) is 6. The minimum absolute atomic E-state index is 0.0665. The number of benzene rings is 3. The maximum absolute atomic E-state index is 13.7. The van der Waals surface area contributed by atoms with Gasteiger partial charge in [-0.3, -0.25) is 14.5 Å². The average molecular weight is 455 g/mol. The van der Waals surface area contributed by atoms with Gasteiger partial charge in [0.1, 0.15) is 11.3 Å². The van der Waals surface area contributed by atoms with Crippen molar-refractivity contribution in [3.63, 3.8) is 0 Å². The van der Waals surface area contributed by atoms with Crippen molar-refractivity contribution in [1.82, 2.24) is 4.98 Å². The molecule has 2 aromatic heterocycles. The van der Waals surface area contributed by atoms with E-state index in [0.29, 0.717) is 28.3 Å². The first-order chi connectivity index (χ1) is 16.2. The van der Waals surface area contributed by atoms with E-state index in [1.807, 2.05) is 55.5 Å². The van der Waals surface area contributed by atoms with Crippen molar-refractivity contribution in [2.24, 2.45) is 0 Å². The summed E-state index contributed by atoms with van der Waals surface area (Å²) in [6.45, 7) is 2.47. The minimum Gasteiger partial charge on any atom is -0.494 e. The first-order valence-electron chi connectivity index (χ1n) is 10.6. The van der Waals surface area contributed by atoms with Crippen molar-refractivity contribution in [1.29, 1.82) is 0 Å². The molecule has 0 aliphatic carbocycles. The van der Waals surface area contributed by atoms with Gasteiger partial charge in [0.2, 0.25) is 5.76 Å². The highest BCUT2D eigenvalue weighted by Gasteiger charge is 2.45.